The highest BCUT2D eigenvalue weighted by atomic mass is 19.1. The molecular weight excluding hydrogens is 341 g/mol. The molecule has 0 unspecified atom stereocenters. The predicted molar refractivity (Wildman–Crippen MR) is 94.0 cm³/mol. The van der Waals surface area contributed by atoms with Gasteiger partial charge in [-0.1, -0.05) is 6.07 Å². The molecule has 0 radical (unpaired) electrons. The fourth-order valence-electron chi connectivity index (χ4n) is 2.03. The second kappa shape index (κ2) is 9.16. The molecule has 2 N–H and O–H groups in total. The minimum atomic E-state index is -0.555. The van der Waals surface area contributed by atoms with Crippen molar-refractivity contribution in [2.45, 2.75) is 0 Å². The lowest BCUT2D eigenvalue weighted by atomic mass is 10.2. The largest absolute Gasteiger partial charge is 0.497 e. The summed E-state index contributed by atoms with van der Waals surface area (Å²) in [5.74, 6) is -0.455. The number of rotatable bonds is 7. The van der Waals surface area contributed by atoms with Gasteiger partial charge in [0.05, 0.1) is 27.0 Å². The Balaban J connectivity index is 1.87. The molecule has 7 nitrogen and oxygen atoms in total. The minimum absolute atomic E-state index is 0.129. The van der Waals surface area contributed by atoms with Gasteiger partial charge in [0.2, 0.25) is 0 Å². The van der Waals surface area contributed by atoms with Crippen molar-refractivity contribution < 1.29 is 23.5 Å². The second-order valence-corrected chi connectivity index (χ2v) is 5.09. The first-order valence-electron chi connectivity index (χ1n) is 7.61. The number of hydrogen-bond donors (Lipinski definition) is 2. The molecule has 136 valence electrons. The molecule has 0 fully saturated rings. The van der Waals surface area contributed by atoms with E-state index in [1.165, 1.54) is 31.5 Å². The Bertz CT molecular complexity index is 824. The van der Waals surface area contributed by atoms with Crippen LogP contribution in [0.25, 0.3) is 0 Å². The molecule has 0 saturated heterocycles. The second-order valence-electron chi connectivity index (χ2n) is 5.09. The van der Waals surface area contributed by atoms with Gasteiger partial charge in [0.1, 0.15) is 17.3 Å². The quantitative estimate of drug-likeness (QED) is 0.582. The van der Waals surface area contributed by atoms with Crippen LogP contribution in [-0.4, -0.2) is 38.8 Å². The number of nitrogens with one attached hydrogen (secondary N) is 2. The first kappa shape index (κ1) is 18.9. The van der Waals surface area contributed by atoms with Crippen molar-refractivity contribution in [3.05, 3.63) is 59.4 Å². The van der Waals surface area contributed by atoms with E-state index in [2.05, 4.69) is 15.8 Å². The highest BCUT2D eigenvalue weighted by Gasteiger charge is 2.08. The van der Waals surface area contributed by atoms with E-state index < -0.39 is 17.6 Å². The van der Waals surface area contributed by atoms with E-state index in [0.717, 1.165) is 6.07 Å². The van der Waals surface area contributed by atoms with Crippen LogP contribution < -0.4 is 20.2 Å². The van der Waals surface area contributed by atoms with E-state index >= 15 is 0 Å². The van der Waals surface area contributed by atoms with Crippen molar-refractivity contribution in [2.75, 3.05) is 20.8 Å². The number of hydrogen-bond acceptors (Lipinski definition) is 5. The minimum Gasteiger partial charge on any atom is -0.497 e. The standard InChI is InChI=1S/C18H18FN3O4/c1-25-15-7-6-13(16(9-15)26-2)10-21-22-17(23)11-20-18(24)12-4-3-5-14(19)8-12/h3-10H,11H2,1-2H3,(H,20,24)(H,22,23)/b21-10-. The molecule has 26 heavy (non-hydrogen) atoms. The number of methoxy groups -OCH3 is 2. The summed E-state index contributed by atoms with van der Waals surface area (Å²) in [6.07, 6.45) is 1.41. The highest BCUT2D eigenvalue weighted by Crippen LogP contribution is 2.22. The summed E-state index contributed by atoms with van der Waals surface area (Å²) in [6.45, 7) is -0.299. The Morgan fingerprint density at radius 2 is 1.96 bits per heavy atom. The maximum atomic E-state index is 13.1. The van der Waals surface area contributed by atoms with Gasteiger partial charge >= 0.3 is 0 Å². The molecule has 8 heteroatoms. The molecule has 0 aliphatic carbocycles. The van der Waals surface area contributed by atoms with Crippen LogP contribution in [0.1, 0.15) is 15.9 Å². The molecule has 0 atom stereocenters. The third-order valence-electron chi connectivity index (χ3n) is 3.33. The zero-order chi connectivity index (χ0) is 18.9. The van der Waals surface area contributed by atoms with E-state index in [1.807, 2.05) is 0 Å². The van der Waals surface area contributed by atoms with Crippen molar-refractivity contribution in [3.8, 4) is 11.5 Å². The number of ether oxygens (including phenoxy) is 2. The molecule has 0 spiro atoms. The molecular formula is C18H18FN3O4. The molecule has 2 aromatic carbocycles. The summed E-state index contributed by atoms with van der Waals surface area (Å²) in [5, 5.41) is 6.19. The third-order valence-corrected chi connectivity index (χ3v) is 3.33. The number of hydrazone groups is 1. The number of amides is 2. The summed E-state index contributed by atoms with van der Waals surface area (Å²) in [4.78, 5) is 23.5. The van der Waals surface area contributed by atoms with Crippen LogP contribution >= 0.6 is 0 Å². The lowest BCUT2D eigenvalue weighted by molar-refractivity contribution is -0.120. The molecule has 0 heterocycles. The summed E-state index contributed by atoms with van der Waals surface area (Å²) in [6, 6.07) is 10.3. The van der Waals surface area contributed by atoms with Gasteiger partial charge in [0.25, 0.3) is 11.8 Å². The van der Waals surface area contributed by atoms with Crippen LogP contribution in [0, 0.1) is 5.82 Å². The van der Waals surface area contributed by atoms with Crippen LogP contribution in [0.3, 0.4) is 0 Å². The van der Waals surface area contributed by atoms with Crippen LogP contribution in [-0.2, 0) is 4.79 Å². The summed E-state index contributed by atoms with van der Waals surface area (Å²) >= 11 is 0. The maximum absolute atomic E-state index is 13.1. The van der Waals surface area contributed by atoms with Crippen molar-refractivity contribution in [3.63, 3.8) is 0 Å². The molecule has 2 amide bonds. The predicted octanol–water partition coefficient (Wildman–Crippen LogP) is 1.72. The zero-order valence-electron chi connectivity index (χ0n) is 14.3. The Hall–Kier alpha value is -3.42. The van der Waals surface area contributed by atoms with Gasteiger partial charge in [-0.3, -0.25) is 9.59 Å². The van der Waals surface area contributed by atoms with Crippen molar-refractivity contribution in [1.29, 1.82) is 0 Å². The molecule has 0 aromatic heterocycles. The Labute approximate surface area is 149 Å². The topological polar surface area (TPSA) is 89.0 Å². The van der Waals surface area contributed by atoms with Gasteiger partial charge in [0.15, 0.2) is 0 Å². The molecule has 0 bridgehead atoms. The highest BCUT2D eigenvalue weighted by molar-refractivity contribution is 5.96. The summed E-state index contributed by atoms with van der Waals surface area (Å²) in [5.41, 5.74) is 3.05. The first-order chi connectivity index (χ1) is 12.5. The monoisotopic (exact) mass is 359 g/mol. The van der Waals surface area contributed by atoms with Gasteiger partial charge in [-0.25, -0.2) is 9.82 Å². The smallest absolute Gasteiger partial charge is 0.259 e. The fourth-order valence-corrected chi connectivity index (χ4v) is 2.03. The number of nitrogens with zero attached hydrogens (tertiary/aromatic N) is 1. The van der Waals surface area contributed by atoms with Crippen LogP contribution in [0.5, 0.6) is 11.5 Å². The van der Waals surface area contributed by atoms with Crippen LogP contribution in [0.15, 0.2) is 47.6 Å². The van der Waals surface area contributed by atoms with E-state index in [4.69, 9.17) is 9.47 Å². The normalized spacial score (nSPS) is 10.4. The lowest BCUT2D eigenvalue weighted by Crippen LogP contribution is -2.34. The van der Waals surface area contributed by atoms with Crippen molar-refractivity contribution >= 4 is 18.0 Å². The first-order valence-corrected chi connectivity index (χ1v) is 7.61. The Morgan fingerprint density at radius 3 is 2.65 bits per heavy atom. The van der Waals surface area contributed by atoms with E-state index in [0.29, 0.717) is 17.1 Å². The molecule has 0 aliphatic heterocycles. The van der Waals surface area contributed by atoms with Gasteiger partial charge in [-0.15, -0.1) is 0 Å². The van der Waals surface area contributed by atoms with Crippen molar-refractivity contribution in [2.24, 2.45) is 5.10 Å². The SMILES string of the molecule is COc1ccc(/C=N\NC(=O)CNC(=O)c2cccc(F)c2)c(OC)c1. The summed E-state index contributed by atoms with van der Waals surface area (Å²) in [7, 11) is 3.05. The van der Waals surface area contributed by atoms with Gasteiger partial charge in [-0.05, 0) is 30.3 Å². The Morgan fingerprint density at radius 1 is 1.15 bits per heavy atom. The third kappa shape index (κ3) is 5.30. The van der Waals surface area contributed by atoms with E-state index in [9.17, 15) is 14.0 Å². The number of carbonyl (C=O) groups excluding carboxylic acids is 2. The zero-order valence-corrected chi connectivity index (χ0v) is 14.3. The lowest BCUT2D eigenvalue weighted by Gasteiger charge is -2.07. The Kier molecular flexibility index (Phi) is 6.67. The van der Waals surface area contributed by atoms with Crippen LogP contribution in [0.4, 0.5) is 4.39 Å². The average molecular weight is 359 g/mol. The number of benzene rings is 2. The maximum Gasteiger partial charge on any atom is 0.259 e. The van der Waals surface area contributed by atoms with Crippen LogP contribution in [0.2, 0.25) is 0 Å². The van der Waals surface area contributed by atoms with E-state index in [1.54, 1.807) is 25.3 Å². The van der Waals surface area contributed by atoms with Gasteiger partial charge in [0, 0.05) is 17.2 Å². The summed E-state index contributed by atoms with van der Waals surface area (Å²) < 4.78 is 23.4. The molecule has 0 aliphatic rings. The van der Waals surface area contributed by atoms with E-state index in [-0.39, 0.29) is 12.1 Å². The van der Waals surface area contributed by atoms with Crippen molar-refractivity contribution in [1.82, 2.24) is 10.7 Å². The average Bonchev–Trinajstić information content (AvgIpc) is 2.66. The molecule has 2 aromatic rings. The van der Waals surface area contributed by atoms with Gasteiger partial charge < -0.3 is 14.8 Å². The fraction of sp³-hybridized carbons (Fsp3) is 0.167. The number of halogens is 1. The molecule has 0 saturated carbocycles. The number of carbonyl (C=O) groups is 2. The van der Waals surface area contributed by atoms with Gasteiger partial charge in [-0.2, -0.15) is 5.10 Å². The molecule has 2 rings (SSSR count).